The van der Waals surface area contributed by atoms with Crippen LogP contribution in [0.1, 0.15) is 20.7 Å². The number of Topliss-reactive ketones (excluding diaryl/α,β-unsaturated/α-hetero) is 1. The number of alkyl halides is 4. The fourth-order valence-electron chi connectivity index (χ4n) is 2.34. The van der Waals surface area contributed by atoms with Crippen molar-refractivity contribution < 1.29 is 49.8 Å². The second kappa shape index (κ2) is 10.1. The first-order valence-electron chi connectivity index (χ1n) is 8.27. The van der Waals surface area contributed by atoms with Gasteiger partial charge in [0, 0.05) is 6.07 Å². The number of ketones is 1. The summed E-state index contributed by atoms with van der Waals surface area (Å²) >= 11 is 0. The summed E-state index contributed by atoms with van der Waals surface area (Å²) in [6, 6.07) is 7.88. The summed E-state index contributed by atoms with van der Waals surface area (Å²) in [6.45, 7) is -7.53. The van der Waals surface area contributed by atoms with Gasteiger partial charge in [0.2, 0.25) is 15.8 Å². The van der Waals surface area contributed by atoms with Gasteiger partial charge < -0.3 is 14.2 Å². The molecular weight excluding hydrogens is 450 g/mol. The van der Waals surface area contributed by atoms with Crippen molar-refractivity contribution in [1.82, 2.24) is 0 Å². The van der Waals surface area contributed by atoms with E-state index >= 15 is 0 Å². The largest absolute Gasteiger partial charge is 0.454 e. The molecule has 0 spiro atoms. The van der Waals surface area contributed by atoms with Gasteiger partial charge in [0.15, 0.2) is 6.61 Å². The van der Waals surface area contributed by atoms with Crippen LogP contribution in [0, 0.1) is 0 Å². The fraction of sp³-hybridized carbons (Fsp3) is 0.222. The molecule has 0 aliphatic rings. The molecule has 0 atom stereocenters. The maximum atomic E-state index is 12.6. The number of halogens is 4. The van der Waals surface area contributed by atoms with Crippen LogP contribution in [0.15, 0.2) is 42.5 Å². The van der Waals surface area contributed by atoms with Crippen LogP contribution in [0.5, 0.6) is 11.5 Å². The number of rotatable bonds is 10. The molecule has 0 bridgehead atoms. The van der Waals surface area contributed by atoms with Gasteiger partial charge >= 0.3 is 19.2 Å². The van der Waals surface area contributed by atoms with Crippen molar-refractivity contribution >= 4 is 27.5 Å². The van der Waals surface area contributed by atoms with Gasteiger partial charge in [-0.3, -0.25) is 9.52 Å². The summed E-state index contributed by atoms with van der Waals surface area (Å²) in [6.07, 6.45) is 0.866. The molecule has 8 nitrogen and oxygen atoms in total. The lowest BCUT2D eigenvalue weighted by Gasteiger charge is -2.13. The zero-order valence-corrected chi connectivity index (χ0v) is 16.5. The molecule has 0 aromatic heterocycles. The van der Waals surface area contributed by atoms with E-state index in [1.54, 1.807) is 0 Å². The lowest BCUT2D eigenvalue weighted by molar-refractivity contribution is -0.0545. The predicted octanol–water partition coefficient (Wildman–Crippen LogP) is 3.30. The van der Waals surface area contributed by atoms with E-state index in [2.05, 4.69) is 14.2 Å². The summed E-state index contributed by atoms with van der Waals surface area (Å²) in [7, 11) is -3.71. The summed E-state index contributed by atoms with van der Waals surface area (Å²) in [5.74, 6) is -3.34. The van der Waals surface area contributed by atoms with E-state index in [4.69, 9.17) is 4.74 Å². The van der Waals surface area contributed by atoms with Gasteiger partial charge in [-0.05, 0) is 24.3 Å². The third kappa shape index (κ3) is 7.44. The van der Waals surface area contributed by atoms with E-state index in [0.29, 0.717) is 6.07 Å². The van der Waals surface area contributed by atoms with Gasteiger partial charge in [0.25, 0.3) is 0 Å². The second-order valence-electron chi connectivity index (χ2n) is 5.83. The molecule has 2 aromatic rings. The highest BCUT2D eigenvalue weighted by molar-refractivity contribution is 7.92. The maximum absolute atomic E-state index is 12.6. The van der Waals surface area contributed by atoms with Gasteiger partial charge in [0.1, 0.15) is 11.5 Å². The van der Waals surface area contributed by atoms with E-state index < -0.39 is 58.7 Å². The molecule has 13 heteroatoms. The first kappa shape index (κ1) is 23.9. The molecular formula is C18H15F4NO7S. The summed E-state index contributed by atoms with van der Waals surface area (Å²) in [5, 5.41) is 0. The van der Waals surface area contributed by atoms with Gasteiger partial charge in [-0.15, -0.1) is 0 Å². The topological polar surface area (TPSA) is 108 Å². The number of nitrogens with one attached hydrogen (secondary N) is 1. The van der Waals surface area contributed by atoms with Crippen LogP contribution in [0.2, 0.25) is 0 Å². The zero-order chi connectivity index (χ0) is 23.2. The predicted molar refractivity (Wildman–Crippen MR) is 99.2 cm³/mol. The maximum Gasteiger partial charge on any atom is 0.387 e. The van der Waals surface area contributed by atoms with Gasteiger partial charge in [-0.2, -0.15) is 17.6 Å². The highest BCUT2D eigenvalue weighted by Crippen LogP contribution is 2.28. The Morgan fingerprint density at radius 1 is 0.968 bits per heavy atom. The van der Waals surface area contributed by atoms with Crippen LogP contribution in [-0.4, -0.2) is 46.3 Å². The van der Waals surface area contributed by atoms with Crippen LogP contribution in [0.3, 0.4) is 0 Å². The molecule has 0 aliphatic carbocycles. The number of para-hydroxylation sites is 1. The smallest absolute Gasteiger partial charge is 0.387 e. The monoisotopic (exact) mass is 465 g/mol. The SMILES string of the molecule is CS(=O)(=O)Nc1ccccc1C(=O)OCC(=O)c1ccc(OC(F)F)cc1OC(F)F. The molecule has 0 heterocycles. The first-order valence-corrected chi connectivity index (χ1v) is 10.2. The van der Waals surface area contributed by atoms with Gasteiger partial charge in [-0.1, -0.05) is 12.1 Å². The first-order chi connectivity index (χ1) is 14.5. The van der Waals surface area contributed by atoms with E-state index in [-0.39, 0.29) is 11.3 Å². The molecule has 0 radical (unpaired) electrons. The summed E-state index contributed by atoms with van der Waals surface area (Å²) in [5.41, 5.74) is -0.777. The number of carbonyl (C=O) groups is 2. The minimum atomic E-state index is -3.71. The van der Waals surface area contributed by atoms with Crippen molar-refractivity contribution in [2.75, 3.05) is 17.6 Å². The van der Waals surface area contributed by atoms with Gasteiger partial charge in [0.05, 0.1) is 23.1 Å². The van der Waals surface area contributed by atoms with E-state index in [9.17, 15) is 35.6 Å². The standard InChI is InChI=1S/C18H15F4NO7S/c1-31(26,27)23-13-5-3-2-4-11(13)16(25)28-9-14(24)12-7-6-10(29-17(19)20)8-15(12)30-18(21)22/h2-8,17-18,23H,9H2,1H3. The molecule has 0 amide bonds. The zero-order valence-electron chi connectivity index (χ0n) is 15.7. The molecule has 0 saturated heterocycles. The number of esters is 1. The van der Waals surface area contributed by atoms with Crippen LogP contribution < -0.4 is 14.2 Å². The third-order valence-corrected chi connectivity index (χ3v) is 4.06. The number of sulfonamides is 1. The van der Waals surface area contributed by atoms with Crippen LogP contribution in [0.4, 0.5) is 23.2 Å². The highest BCUT2D eigenvalue weighted by atomic mass is 32.2. The molecule has 0 aliphatic heterocycles. The summed E-state index contributed by atoms with van der Waals surface area (Å²) < 4.78 is 87.8. The number of anilines is 1. The Labute approximate surface area is 173 Å². The number of ether oxygens (including phenoxy) is 3. The van der Waals surface area contributed by atoms with Crippen molar-refractivity contribution in [2.24, 2.45) is 0 Å². The highest BCUT2D eigenvalue weighted by Gasteiger charge is 2.21. The Balaban J connectivity index is 2.18. The van der Waals surface area contributed by atoms with E-state index in [1.807, 2.05) is 0 Å². The number of hydrogen-bond donors (Lipinski definition) is 1. The van der Waals surface area contributed by atoms with Crippen molar-refractivity contribution in [1.29, 1.82) is 0 Å². The van der Waals surface area contributed by atoms with Crippen LogP contribution in [0.25, 0.3) is 0 Å². The molecule has 31 heavy (non-hydrogen) atoms. The lowest BCUT2D eigenvalue weighted by atomic mass is 10.1. The quantitative estimate of drug-likeness (QED) is 0.326. The third-order valence-electron chi connectivity index (χ3n) is 3.47. The average molecular weight is 465 g/mol. The fourth-order valence-corrected chi connectivity index (χ4v) is 2.92. The molecule has 1 N–H and O–H groups in total. The van der Waals surface area contributed by atoms with E-state index in [0.717, 1.165) is 18.4 Å². The number of benzene rings is 2. The van der Waals surface area contributed by atoms with E-state index in [1.165, 1.54) is 24.3 Å². The van der Waals surface area contributed by atoms with Crippen molar-refractivity contribution in [3.05, 3.63) is 53.6 Å². The summed E-state index contributed by atoms with van der Waals surface area (Å²) in [4.78, 5) is 24.6. The van der Waals surface area contributed by atoms with Crippen molar-refractivity contribution in [3.8, 4) is 11.5 Å². The molecule has 0 unspecified atom stereocenters. The number of hydrogen-bond acceptors (Lipinski definition) is 7. The minimum absolute atomic E-state index is 0.0994. The lowest BCUT2D eigenvalue weighted by Crippen LogP contribution is -2.18. The van der Waals surface area contributed by atoms with Crippen LogP contribution in [-0.2, 0) is 14.8 Å². The Hall–Kier alpha value is -3.35. The normalized spacial score (nSPS) is 11.3. The molecule has 0 fully saturated rings. The Bertz CT molecular complexity index is 1060. The van der Waals surface area contributed by atoms with Crippen LogP contribution >= 0.6 is 0 Å². The molecule has 168 valence electrons. The average Bonchev–Trinajstić information content (AvgIpc) is 2.64. The van der Waals surface area contributed by atoms with Crippen molar-refractivity contribution in [2.45, 2.75) is 13.2 Å². The Morgan fingerprint density at radius 3 is 2.23 bits per heavy atom. The second-order valence-corrected chi connectivity index (χ2v) is 7.58. The molecule has 0 saturated carbocycles. The molecule has 2 rings (SSSR count). The molecule has 2 aromatic carbocycles. The number of carbonyl (C=O) groups excluding carboxylic acids is 2. The van der Waals surface area contributed by atoms with Crippen molar-refractivity contribution in [3.63, 3.8) is 0 Å². The Morgan fingerprint density at radius 2 is 1.61 bits per heavy atom. The van der Waals surface area contributed by atoms with Gasteiger partial charge in [-0.25, -0.2) is 13.2 Å². The minimum Gasteiger partial charge on any atom is -0.454 e. The Kier molecular flexibility index (Phi) is 7.80.